The first-order chi connectivity index (χ1) is 8.54. The normalized spacial score (nSPS) is 27.6. The van der Waals surface area contributed by atoms with E-state index < -0.39 is 5.60 Å². The van der Waals surface area contributed by atoms with Gasteiger partial charge in [0.05, 0.1) is 12.7 Å². The molecule has 1 unspecified atom stereocenters. The minimum atomic E-state index is -0.741. The molecule has 1 aliphatic carbocycles. The molecule has 1 fully saturated rings. The van der Waals surface area contributed by atoms with E-state index in [0.29, 0.717) is 5.92 Å². The molecule has 0 aromatic heterocycles. The monoisotopic (exact) mass is 248 g/mol. The fraction of sp³-hybridized carbons (Fsp3) is 0.625. The Morgan fingerprint density at radius 3 is 2.50 bits per heavy atom. The molecule has 0 radical (unpaired) electrons. The summed E-state index contributed by atoms with van der Waals surface area (Å²) < 4.78 is 5.24. The van der Waals surface area contributed by atoms with Crippen molar-refractivity contribution in [1.29, 1.82) is 0 Å². The standard InChI is InChI=1S/C16H24O2/c1-12-7-9-13(10-8-12)16(2,17)14-5-4-6-15(11-14)18-3/h4-6,11-13,17H,7-10H2,1-3H3. The summed E-state index contributed by atoms with van der Waals surface area (Å²) in [7, 11) is 1.66. The predicted octanol–water partition coefficient (Wildman–Crippen LogP) is 3.73. The highest BCUT2D eigenvalue weighted by Gasteiger charge is 2.35. The van der Waals surface area contributed by atoms with E-state index in [1.54, 1.807) is 7.11 Å². The van der Waals surface area contributed by atoms with Crippen molar-refractivity contribution in [2.75, 3.05) is 7.11 Å². The van der Waals surface area contributed by atoms with Crippen LogP contribution < -0.4 is 4.74 Å². The van der Waals surface area contributed by atoms with Gasteiger partial charge >= 0.3 is 0 Å². The van der Waals surface area contributed by atoms with E-state index in [1.165, 1.54) is 12.8 Å². The number of aliphatic hydroxyl groups is 1. The summed E-state index contributed by atoms with van der Waals surface area (Å²) in [5.41, 5.74) is 0.232. The molecule has 1 N–H and O–H groups in total. The summed E-state index contributed by atoms with van der Waals surface area (Å²) in [5.74, 6) is 1.99. The molecule has 1 aromatic carbocycles. The van der Waals surface area contributed by atoms with Gasteiger partial charge in [-0.1, -0.05) is 31.9 Å². The van der Waals surface area contributed by atoms with Crippen LogP contribution in [0.4, 0.5) is 0 Å². The zero-order valence-electron chi connectivity index (χ0n) is 11.6. The van der Waals surface area contributed by atoms with Crippen LogP contribution in [0.3, 0.4) is 0 Å². The molecule has 1 saturated carbocycles. The van der Waals surface area contributed by atoms with Crippen LogP contribution in [-0.2, 0) is 5.60 Å². The molecule has 0 amide bonds. The Labute approximate surface area is 110 Å². The molecule has 0 bridgehead atoms. The van der Waals surface area contributed by atoms with E-state index in [0.717, 1.165) is 30.1 Å². The van der Waals surface area contributed by atoms with Gasteiger partial charge in [-0.05, 0) is 49.3 Å². The molecule has 100 valence electrons. The van der Waals surface area contributed by atoms with Gasteiger partial charge in [0, 0.05) is 0 Å². The van der Waals surface area contributed by atoms with E-state index in [-0.39, 0.29) is 0 Å². The third-order valence-electron chi connectivity index (χ3n) is 4.46. The summed E-state index contributed by atoms with van der Waals surface area (Å²) in [6.45, 7) is 4.25. The lowest BCUT2D eigenvalue weighted by molar-refractivity contribution is -0.0265. The van der Waals surface area contributed by atoms with Crippen molar-refractivity contribution in [3.63, 3.8) is 0 Å². The Hall–Kier alpha value is -1.02. The molecule has 2 rings (SSSR count). The van der Waals surface area contributed by atoms with Gasteiger partial charge in [0.25, 0.3) is 0 Å². The molecular weight excluding hydrogens is 224 g/mol. The number of benzene rings is 1. The Kier molecular flexibility index (Phi) is 3.96. The Morgan fingerprint density at radius 2 is 1.89 bits per heavy atom. The SMILES string of the molecule is COc1cccc(C(C)(O)C2CCC(C)CC2)c1. The third kappa shape index (κ3) is 2.69. The maximum absolute atomic E-state index is 10.9. The van der Waals surface area contributed by atoms with Crippen LogP contribution >= 0.6 is 0 Å². The lowest BCUT2D eigenvalue weighted by Gasteiger charge is -2.37. The molecule has 1 aliphatic rings. The van der Waals surface area contributed by atoms with Crippen molar-refractivity contribution in [3.05, 3.63) is 29.8 Å². The molecule has 1 aromatic rings. The van der Waals surface area contributed by atoms with Crippen LogP contribution in [0.2, 0.25) is 0 Å². The van der Waals surface area contributed by atoms with Gasteiger partial charge in [0.15, 0.2) is 0 Å². The van der Waals surface area contributed by atoms with Gasteiger partial charge in [-0.2, -0.15) is 0 Å². The van der Waals surface area contributed by atoms with Crippen LogP contribution in [0, 0.1) is 11.8 Å². The van der Waals surface area contributed by atoms with Crippen LogP contribution in [0.5, 0.6) is 5.75 Å². The molecular formula is C16H24O2. The van der Waals surface area contributed by atoms with Crippen molar-refractivity contribution in [2.45, 2.75) is 45.1 Å². The maximum Gasteiger partial charge on any atom is 0.119 e. The zero-order chi connectivity index (χ0) is 13.2. The molecule has 0 saturated heterocycles. The number of ether oxygens (including phenoxy) is 1. The second kappa shape index (κ2) is 5.31. The Balaban J connectivity index is 2.18. The van der Waals surface area contributed by atoms with Crippen LogP contribution in [0.1, 0.15) is 45.1 Å². The highest BCUT2D eigenvalue weighted by molar-refractivity contribution is 5.32. The average Bonchev–Trinajstić information content (AvgIpc) is 2.39. The van der Waals surface area contributed by atoms with Gasteiger partial charge in [-0.25, -0.2) is 0 Å². The first-order valence-corrected chi connectivity index (χ1v) is 6.91. The van der Waals surface area contributed by atoms with Crippen molar-refractivity contribution >= 4 is 0 Å². The zero-order valence-corrected chi connectivity index (χ0v) is 11.6. The first kappa shape index (κ1) is 13.4. The molecule has 0 heterocycles. The number of methoxy groups -OCH3 is 1. The fourth-order valence-electron chi connectivity index (χ4n) is 3.00. The topological polar surface area (TPSA) is 29.5 Å². The fourth-order valence-corrected chi connectivity index (χ4v) is 3.00. The number of rotatable bonds is 3. The summed E-state index contributed by atoms with van der Waals surface area (Å²) >= 11 is 0. The summed E-state index contributed by atoms with van der Waals surface area (Å²) in [5, 5.41) is 10.9. The second-order valence-corrected chi connectivity index (χ2v) is 5.84. The third-order valence-corrected chi connectivity index (χ3v) is 4.46. The molecule has 0 spiro atoms. The van der Waals surface area contributed by atoms with E-state index in [9.17, 15) is 5.11 Å². The maximum atomic E-state index is 10.9. The van der Waals surface area contributed by atoms with E-state index in [4.69, 9.17) is 4.74 Å². The van der Waals surface area contributed by atoms with Crippen molar-refractivity contribution in [1.82, 2.24) is 0 Å². The van der Waals surface area contributed by atoms with Crippen LogP contribution in [0.25, 0.3) is 0 Å². The van der Waals surface area contributed by atoms with E-state index >= 15 is 0 Å². The summed E-state index contributed by atoms with van der Waals surface area (Å²) in [6, 6.07) is 7.83. The largest absolute Gasteiger partial charge is 0.497 e. The lowest BCUT2D eigenvalue weighted by Crippen LogP contribution is -2.34. The first-order valence-electron chi connectivity index (χ1n) is 6.91. The average molecular weight is 248 g/mol. The Morgan fingerprint density at radius 1 is 1.22 bits per heavy atom. The molecule has 2 nitrogen and oxygen atoms in total. The minimum absolute atomic E-state index is 0.362. The van der Waals surface area contributed by atoms with Gasteiger partial charge in [-0.15, -0.1) is 0 Å². The van der Waals surface area contributed by atoms with Crippen molar-refractivity contribution in [2.24, 2.45) is 11.8 Å². The Bertz CT molecular complexity index is 390. The second-order valence-electron chi connectivity index (χ2n) is 5.84. The van der Waals surface area contributed by atoms with Gasteiger partial charge in [0.1, 0.15) is 5.75 Å². The van der Waals surface area contributed by atoms with Crippen molar-refractivity contribution in [3.8, 4) is 5.75 Å². The van der Waals surface area contributed by atoms with Gasteiger partial charge in [0.2, 0.25) is 0 Å². The van der Waals surface area contributed by atoms with E-state index in [2.05, 4.69) is 6.92 Å². The smallest absolute Gasteiger partial charge is 0.119 e. The predicted molar refractivity (Wildman–Crippen MR) is 73.7 cm³/mol. The van der Waals surface area contributed by atoms with Gasteiger partial charge < -0.3 is 9.84 Å². The van der Waals surface area contributed by atoms with E-state index in [1.807, 2.05) is 31.2 Å². The summed E-state index contributed by atoms with van der Waals surface area (Å²) in [4.78, 5) is 0. The van der Waals surface area contributed by atoms with Crippen molar-refractivity contribution < 1.29 is 9.84 Å². The molecule has 18 heavy (non-hydrogen) atoms. The van der Waals surface area contributed by atoms with Crippen LogP contribution in [0.15, 0.2) is 24.3 Å². The van der Waals surface area contributed by atoms with Crippen LogP contribution in [-0.4, -0.2) is 12.2 Å². The molecule has 0 aliphatic heterocycles. The lowest BCUT2D eigenvalue weighted by atomic mass is 9.72. The number of hydrogen-bond donors (Lipinski definition) is 1. The molecule has 1 atom stereocenters. The number of hydrogen-bond acceptors (Lipinski definition) is 2. The van der Waals surface area contributed by atoms with Gasteiger partial charge in [-0.3, -0.25) is 0 Å². The minimum Gasteiger partial charge on any atom is -0.497 e. The quantitative estimate of drug-likeness (QED) is 0.883. The molecule has 2 heteroatoms. The highest BCUT2D eigenvalue weighted by Crippen LogP contribution is 2.41. The highest BCUT2D eigenvalue weighted by atomic mass is 16.5. The summed E-state index contributed by atoms with van der Waals surface area (Å²) in [6.07, 6.45) is 4.69.